The number of carbonyl (C=O) groups excluding carboxylic acids is 1. The van der Waals surface area contributed by atoms with Crippen LogP contribution >= 0.6 is 15.9 Å². The van der Waals surface area contributed by atoms with Gasteiger partial charge in [-0.25, -0.2) is 4.79 Å². The van der Waals surface area contributed by atoms with Gasteiger partial charge in [0.15, 0.2) is 5.82 Å². The summed E-state index contributed by atoms with van der Waals surface area (Å²) in [6.07, 6.45) is 5.17. The molecule has 2 atom stereocenters. The van der Waals surface area contributed by atoms with Gasteiger partial charge in [-0.05, 0) is 48.6 Å². The second kappa shape index (κ2) is 11.6. The van der Waals surface area contributed by atoms with Crippen LogP contribution in [0.15, 0.2) is 53.0 Å². The van der Waals surface area contributed by atoms with Crippen LogP contribution in [0.2, 0.25) is 0 Å². The van der Waals surface area contributed by atoms with E-state index in [9.17, 15) is 9.90 Å². The fourth-order valence-electron chi connectivity index (χ4n) is 4.46. The van der Waals surface area contributed by atoms with Crippen molar-refractivity contribution in [3.63, 3.8) is 0 Å². The summed E-state index contributed by atoms with van der Waals surface area (Å²) in [5.41, 5.74) is 2.89. The van der Waals surface area contributed by atoms with Crippen molar-refractivity contribution in [3.05, 3.63) is 75.5 Å². The van der Waals surface area contributed by atoms with Gasteiger partial charge in [0.25, 0.3) is 0 Å². The molecule has 1 fully saturated rings. The zero-order chi connectivity index (χ0) is 23.9. The predicted molar refractivity (Wildman–Crippen MR) is 133 cm³/mol. The van der Waals surface area contributed by atoms with Crippen LogP contribution in [0.4, 0.5) is 4.79 Å². The SMILES string of the molecule is C[C@H](NC(=O)N(Cc1ccc([C@H](O)Cc2nn[nH]n2)cc1)C1CCCCC1)c1ccc(Br)cc1. The van der Waals surface area contributed by atoms with Crippen molar-refractivity contribution in [1.82, 2.24) is 30.8 Å². The molecule has 1 saturated carbocycles. The number of aromatic amines is 1. The van der Waals surface area contributed by atoms with Gasteiger partial charge in [-0.2, -0.15) is 5.21 Å². The number of amides is 2. The highest BCUT2D eigenvalue weighted by Crippen LogP contribution is 2.26. The van der Waals surface area contributed by atoms with Gasteiger partial charge in [0.05, 0.1) is 12.1 Å². The van der Waals surface area contributed by atoms with Gasteiger partial charge in [0, 0.05) is 23.5 Å². The molecular formula is C25H31BrN6O2. The summed E-state index contributed by atoms with van der Waals surface area (Å²) in [7, 11) is 0. The van der Waals surface area contributed by atoms with E-state index in [2.05, 4.69) is 41.9 Å². The first-order chi connectivity index (χ1) is 16.5. The van der Waals surface area contributed by atoms with Crippen molar-refractivity contribution in [1.29, 1.82) is 0 Å². The first-order valence-corrected chi connectivity index (χ1v) is 12.6. The average molecular weight is 527 g/mol. The number of aliphatic hydroxyl groups is 1. The lowest BCUT2D eigenvalue weighted by molar-refractivity contribution is 0.148. The van der Waals surface area contributed by atoms with Crippen LogP contribution in [0.25, 0.3) is 0 Å². The lowest BCUT2D eigenvalue weighted by atomic mass is 9.94. The lowest BCUT2D eigenvalue weighted by Crippen LogP contribution is -2.47. The number of H-pyrrole nitrogens is 1. The van der Waals surface area contributed by atoms with Crippen molar-refractivity contribution in [2.75, 3.05) is 0 Å². The number of aliphatic hydroxyl groups excluding tert-OH is 1. The summed E-state index contributed by atoms with van der Waals surface area (Å²) >= 11 is 3.46. The Labute approximate surface area is 208 Å². The Bertz CT molecular complexity index is 1040. The fourth-order valence-corrected chi connectivity index (χ4v) is 4.73. The maximum atomic E-state index is 13.4. The molecule has 4 rings (SSSR count). The largest absolute Gasteiger partial charge is 0.388 e. The first kappa shape index (κ1) is 24.3. The van der Waals surface area contributed by atoms with E-state index < -0.39 is 6.10 Å². The van der Waals surface area contributed by atoms with E-state index in [4.69, 9.17) is 0 Å². The van der Waals surface area contributed by atoms with Crippen molar-refractivity contribution < 1.29 is 9.90 Å². The third kappa shape index (κ3) is 6.42. The maximum Gasteiger partial charge on any atom is 0.318 e. The quantitative estimate of drug-likeness (QED) is 0.389. The van der Waals surface area contributed by atoms with E-state index in [1.165, 1.54) is 6.42 Å². The molecule has 0 unspecified atom stereocenters. The summed E-state index contributed by atoms with van der Waals surface area (Å²) in [6.45, 7) is 2.55. The second-order valence-corrected chi connectivity index (χ2v) is 9.85. The summed E-state index contributed by atoms with van der Waals surface area (Å²) < 4.78 is 1.02. The molecule has 0 spiro atoms. The molecule has 8 nitrogen and oxygen atoms in total. The van der Waals surface area contributed by atoms with E-state index in [0.29, 0.717) is 18.8 Å². The van der Waals surface area contributed by atoms with Gasteiger partial charge in [0.1, 0.15) is 0 Å². The van der Waals surface area contributed by atoms with E-state index in [-0.39, 0.29) is 18.1 Å². The Hall–Kier alpha value is -2.78. The minimum absolute atomic E-state index is 0.0384. The third-order valence-electron chi connectivity index (χ3n) is 6.47. The Kier molecular flexibility index (Phi) is 8.29. The summed E-state index contributed by atoms with van der Waals surface area (Å²) in [5.74, 6) is 0.469. The Balaban J connectivity index is 1.44. The second-order valence-electron chi connectivity index (χ2n) is 8.93. The van der Waals surface area contributed by atoms with Gasteiger partial charge in [-0.15, -0.1) is 10.2 Å². The number of tetrazole rings is 1. The molecule has 0 aliphatic heterocycles. The number of nitrogens with zero attached hydrogens (tertiary/aromatic N) is 4. The zero-order valence-electron chi connectivity index (χ0n) is 19.3. The molecule has 1 aliphatic rings. The highest BCUT2D eigenvalue weighted by molar-refractivity contribution is 9.10. The predicted octanol–water partition coefficient (Wildman–Crippen LogP) is 4.84. The Morgan fingerprint density at radius 2 is 1.79 bits per heavy atom. The third-order valence-corrected chi connectivity index (χ3v) is 7.00. The number of nitrogens with one attached hydrogen (secondary N) is 2. The number of aromatic nitrogens is 4. The molecule has 180 valence electrons. The van der Waals surface area contributed by atoms with Gasteiger partial charge >= 0.3 is 6.03 Å². The molecule has 1 heterocycles. The average Bonchev–Trinajstić information content (AvgIpc) is 3.36. The number of hydrogen-bond acceptors (Lipinski definition) is 5. The van der Waals surface area contributed by atoms with Gasteiger partial charge in [0.2, 0.25) is 0 Å². The topological polar surface area (TPSA) is 107 Å². The Morgan fingerprint density at radius 1 is 1.12 bits per heavy atom. The minimum Gasteiger partial charge on any atom is -0.388 e. The molecule has 0 bridgehead atoms. The molecule has 0 saturated heterocycles. The molecule has 1 aliphatic carbocycles. The molecule has 3 aromatic rings. The zero-order valence-corrected chi connectivity index (χ0v) is 20.9. The van der Waals surface area contributed by atoms with Crippen LogP contribution in [-0.2, 0) is 13.0 Å². The normalized spacial score (nSPS) is 16.1. The number of benzene rings is 2. The molecule has 2 aromatic carbocycles. The van der Waals surface area contributed by atoms with Crippen LogP contribution in [0.3, 0.4) is 0 Å². The van der Waals surface area contributed by atoms with E-state index in [1.807, 2.05) is 60.4 Å². The van der Waals surface area contributed by atoms with Crippen LogP contribution in [-0.4, -0.2) is 42.7 Å². The van der Waals surface area contributed by atoms with Crippen molar-refractivity contribution >= 4 is 22.0 Å². The fraction of sp³-hybridized carbons (Fsp3) is 0.440. The van der Waals surface area contributed by atoms with Crippen LogP contribution < -0.4 is 5.32 Å². The number of hydrogen-bond donors (Lipinski definition) is 3. The van der Waals surface area contributed by atoms with E-state index >= 15 is 0 Å². The van der Waals surface area contributed by atoms with Crippen molar-refractivity contribution in [2.24, 2.45) is 0 Å². The molecular weight excluding hydrogens is 496 g/mol. The van der Waals surface area contributed by atoms with Crippen LogP contribution in [0.5, 0.6) is 0 Å². The highest BCUT2D eigenvalue weighted by Gasteiger charge is 2.27. The smallest absolute Gasteiger partial charge is 0.318 e. The van der Waals surface area contributed by atoms with Crippen molar-refractivity contribution in [2.45, 2.75) is 70.2 Å². The minimum atomic E-state index is -0.712. The van der Waals surface area contributed by atoms with Crippen LogP contribution in [0, 0.1) is 0 Å². The van der Waals surface area contributed by atoms with Gasteiger partial charge in [-0.3, -0.25) is 0 Å². The standard InChI is InChI=1S/C25H31BrN6O2/c1-17(19-11-13-21(26)14-12-19)27-25(34)32(22-5-3-2-4-6-22)16-18-7-9-20(10-8-18)23(33)15-24-28-30-31-29-24/h7-14,17,22-23,33H,2-6,15-16H2,1H3,(H,27,34)(H,28,29,30,31)/t17-,23+/m0/s1. The number of urea groups is 1. The van der Waals surface area contributed by atoms with Crippen molar-refractivity contribution in [3.8, 4) is 0 Å². The van der Waals surface area contributed by atoms with Gasteiger partial charge in [-0.1, -0.05) is 76.8 Å². The molecule has 0 radical (unpaired) electrons. The summed E-state index contributed by atoms with van der Waals surface area (Å²) in [6, 6.07) is 15.9. The number of halogens is 1. The molecule has 9 heteroatoms. The van der Waals surface area contributed by atoms with Gasteiger partial charge < -0.3 is 15.3 Å². The maximum absolute atomic E-state index is 13.4. The summed E-state index contributed by atoms with van der Waals surface area (Å²) in [5, 5.41) is 27.4. The van der Waals surface area contributed by atoms with E-state index in [1.54, 1.807) is 0 Å². The summed E-state index contributed by atoms with van der Waals surface area (Å²) in [4.78, 5) is 15.4. The lowest BCUT2D eigenvalue weighted by Gasteiger charge is -2.35. The first-order valence-electron chi connectivity index (χ1n) is 11.8. The highest BCUT2D eigenvalue weighted by atomic mass is 79.9. The number of carbonyl (C=O) groups is 1. The van der Waals surface area contributed by atoms with Crippen LogP contribution in [0.1, 0.15) is 73.7 Å². The molecule has 3 N–H and O–H groups in total. The molecule has 2 amide bonds. The van der Waals surface area contributed by atoms with E-state index in [0.717, 1.165) is 46.8 Å². The molecule has 1 aromatic heterocycles. The monoisotopic (exact) mass is 526 g/mol. The Morgan fingerprint density at radius 3 is 2.44 bits per heavy atom. The number of rotatable bonds is 8. The molecule has 34 heavy (non-hydrogen) atoms.